The van der Waals surface area contributed by atoms with Gasteiger partial charge in [-0.2, -0.15) is 0 Å². The van der Waals surface area contributed by atoms with E-state index in [0.29, 0.717) is 6.54 Å². The number of pyridine rings is 1. The molecule has 2 N–H and O–H groups in total. The number of carbonyl (C=O) groups is 1. The maximum absolute atomic E-state index is 14.0. The van der Waals surface area contributed by atoms with Crippen molar-refractivity contribution in [2.24, 2.45) is 0 Å². The number of carbonyl (C=O) groups excluding carboxylic acids is 1. The molecule has 5 nitrogen and oxygen atoms in total. The molecule has 1 atom stereocenters. The van der Waals surface area contributed by atoms with E-state index in [4.69, 9.17) is 0 Å². The normalized spacial score (nSPS) is 19.1. The number of nitrogens with zero attached hydrogens (tertiary/aromatic N) is 2. The summed E-state index contributed by atoms with van der Waals surface area (Å²) in [5, 5.41) is 11.8. The summed E-state index contributed by atoms with van der Waals surface area (Å²) in [5.74, 6) is -0.975. The standard InChI is InChI=1S/C12H16FN3O2/c1-14-11-10(13)9(4-5-15-11)12(18)16-6-2-3-8(16)7-17/h4-5,8,17H,2-3,6-7H2,1H3,(H,14,15). The second kappa shape index (κ2) is 5.30. The molecule has 1 saturated heterocycles. The Morgan fingerprint density at radius 2 is 2.50 bits per heavy atom. The minimum atomic E-state index is -0.645. The van der Waals surface area contributed by atoms with E-state index < -0.39 is 5.82 Å². The molecule has 1 aliphatic rings. The van der Waals surface area contributed by atoms with Gasteiger partial charge in [-0.25, -0.2) is 9.37 Å². The van der Waals surface area contributed by atoms with E-state index in [-0.39, 0.29) is 29.9 Å². The van der Waals surface area contributed by atoms with Crippen molar-refractivity contribution >= 4 is 11.7 Å². The number of anilines is 1. The molecule has 1 aromatic heterocycles. The summed E-state index contributed by atoms with van der Waals surface area (Å²) in [6, 6.07) is 1.16. The SMILES string of the molecule is CNc1nccc(C(=O)N2CCCC2CO)c1F. The van der Waals surface area contributed by atoms with Crippen molar-refractivity contribution in [3.05, 3.63) is 23.6 Å². The fraction of sp³-hybridized carbons (Fsp3) is 0.500. The molecular formula is C12H16FN3O2. The van der Waals surface area contributed by atoms with E-state index in [1.807, 2.05) is 0 Å². The van der Waals surface area contributed by atoms with Crippen LogP contribution in [-0.4, -0.2) is 47.1 Å². The fourth-order valence-electron chi connectivity index (χ4n) is 2.23. The molecule has 0 aliphatic carbocycles. The topological polar surface area (TPSA) is 65.5 Å². The smallest absolute Gasteiger partial charge is 0.257 e. The van der Waals surface area contributed by atoms with Crippen molar-refractivity contribution in [2.75, 3.05) is 25.5 Å². The van der Waals surface area contributed by atoms with Crippen molar-refractivity contribution in [3.8, 4) is 0 Å². The number of hydrogen-bond donors (Lipinski definition) is 2. The van der Waals surface area contributed by atoms with Crippen molar-refractivity contribution in [1.29, 1.82) is 0 Å². The summed E-state index contributed by atoms with van der Waals surface area (Å²) in [6.07, 6.45) is 2.99. The Bertz CT molecular complexity index is 453. The number of rotatable bonds is 3. The lowest BCUT2D eigenvalue weighted by molar-refractivity contribution is 0.0673. The largest absolute Gasteiger partial charge is 0.394 e. The summed E-state index contributed by atoms with van der Waals surface area (Å²) < 4.78 is 14.0. The highest BCUT2D eigenvalue weighted by Gasteiger charge is 2.30. The molecule has 1 fully saturated rings. The highest BCUT2D eigenvalue weighted by Crippen LogP contribution is 2.22. The van der Waals surface area contributed by atoms with Gasteiger partial charge in [0, 0.05) is 19.8 Å². The first-order chi connectivity index (χ1) is 8.69. The molecule has 2 rings (SSSR count). The third kappa shape index (κ3) is 2.15. The molecule has 1 aromatic rings. The Kier molecular flexibility index (Phi) is 3.76. The molecule has 2 heterocycles. The number of aliphatic hydroxyl groups is 1. The second-order valence-corrected chi connectivity index (χ2v) is 4.25. The van der Waals surface area contributed by atoms with E-state index >= 15 is 0 Å². The van der Waals surface area contributed by atoms with Crippen LogP contribution in [0.3, 0.4) is 0 Å². The highest BCUT2D eigenvalue weighted by molar-refractivity contribution is 5.95. The van der Waals surface area contributed by atoms with Gasteiger partial charge in [-0.1, -0.05) is 0 Å². The first kappa shape index (κ1) is 12.8. The zero-order valence-electron chi connectivity index (χ0n) is 10.2. The van der Waals surface area contributed by atoms with Gasteiger partial charge in [0.05, 0.1) is 18.2 Å². The van der Waals surface area contributed by atoms with Crippen LogP contribution in [0.1, 0.15) is 23.2 Å². The van der Waals surface area contributed by atoms with Crippen molar-refractivity contribution in [3.63, 3.8) is 0 Å². The molecule has 0 aromatic carbocycles. The summed E-state index contributed by atoms with van der Waals surface area (Å²) in [7, 11) is 1.55. The number of hydrogen-bond acceptors (Lipinski definition) is 4. The number of nitrogens with one attached hydrogen (secondary N) is 1. The highest BCUT2D eigenvalue weighted by atomic mass is 19.1. The predicted molar refractivity (Wildman–Crippen MR) is 64.9 cm³/mol. The zero-order valence-corrected chi connectivity index (χ0v) is 10.2. The number of aromatic nitrogens is 1. The third-order valence-electron chi connectivity index (χ3n) is 3.21. The minimum absolute atomic E-state index is 0.00491. The van der Waals surface area contributed by atoms with Crippen LogP contribution in [0.15, 0.2) is 12.3 Å². The Morgan fingerprint density at radius 1 is 1.72 bits per heavy atom. The van der Waals surface area contributed by atoms with Crippen LogP contribution in [0.2, 0.25) is 0 Å². The maximum atomic E-state index is 14.0. The van der Waals surface area contributed by atoms with Gasteiger partial charge >= 0.3 is 0 Å². The van der Waals surface area contributed by atoms with Gasteiger partial charge in [0.2, 0.25) is 0 Å². The fourth-order valence-corrected chi connectivity index (χ4v) is 2.23. The molecule has 1 aliphatic heterocycles. The lowest BCUT2D eigenvalue weighted by Gasteiger charge is -2.23. The molecule has 18 heavy (non-hydrogen) atoms. The van der Waals surface area contributed by atoms with E-state index in [1.165, 1.54) is 17.2 Å². The first-order valence-electron chi connectivity index (χ1n) is 5.93. The average molecular weight is 253 g/mol. The van der Waals surface area contributed by atoms with E-state index in [2.05, 4.69) is 10.3 Å². The quantitative estimate of drug-likeness (QED) is 0.838. The van der Waals surface area contributed by atoms with Gasteiger partial charge in [-0.3, -0.25) is 4.79 Å². The third-order valence-corrected chi connectivity index (χ3v) is 3.21. The van der Waals surface area contributed by atoms with Gasteiger partial charge in [0.15, 0.2) is 11.6 Å². The van der Waals surface area contributed by atoms with Crippen LogP contribution in [0.25, 0.3) is 0 Å². The van der Waals surface area contributed by atoms with Gasteiger partial charge in [-0.05, 0) is 18.9 Å². The van der Waals surface area contributed by atoms with Crippen LogP contribution in [0.4, 0.5) is 10.2 Å². The Morgan fingerprint density at radius 3 is 3.17 bits per heavy atom. The lowest BCUT2D eigenvalue weighted by atomic mass is 10.2. The Hall–Kier alpha value is -1.69. The molecule has 0 spiro atoms. The van der Waals surface area contributed by atoms with E-state index in [1.54, 1.807) is 7.05 Å². The number of amides is 1. The molecule has 6 heteroatoms. The molecule has 98 valence electrons. The van der Waals surface area contributed by atoms with Gasteiger partial charge in [0.25, 0.3) is 5.91 Å². The average Bonchev–Trinajstić information content (AvgIpc) is 2.86. The van der Waals surface area contributed by atoms with Gasteiger partial charge in [0.1, 0.15) is 0 Å². The lowest BCUT2D eigenvalue weighted by Crippen LogP contribution is -2.38. The number of halogens is 1. The van der Waals surface area contributed by atoms with Gasteiger partial charge in [-0.15, -0.1) is 0 Å². The predicted octanol–water partition coefficient (Wildman–Crippen LogP) is 0.859. The van der Waals surface area contributed by atoms with Crippen molar-refractivity contribution in [2.45, 2.75) is 18.9 Å². The first-order valence-corrected chi connectivity index (χ1v) is 5.93. The molecular weight excluding hydrogens is 237 g/mol. The maximum Gasteiger partial charge on any atom is 0.257 e. The van der Waals surface area contributed by atoms with Crippen LogP contribution in [0.5, 0.6) is 0 Å². The zero-order chi connectivity index (χ0) is 13.1. The van der Waals surface area contributed by atoms with Crippen molar-refractivity contribution < 1.29 is 14.3 Å². The van der Waals surface area contributed by atoms with Gasteiger partial charge < -0.3 is 15.3 Å². The summed E-state index contributed by atoms with van der Waals surface area (Å²) in [6.45, 7) is 0.470. The molecule has 1 amide bonds. The van der Waals surface area contributed by atoms with Crippen LogP contribution in [0, 0.1) is 5.82 Å². The monoisotopic (exact) mass is 253 g/mol. The molecule has 0 bridgehead atoms. The Balaban J connectivity index is 2.28. The Labute approximate surface area is 105 Å². The van der Waals surface area contributed by atoms with Crippen molar-refractivity contribution in [1.82, 2.24) is 9.88 Å². The summed E-state index contributed by atoms with van der Waals surface area (Å²) >= 11 is 0. The van der Waals surface area contributed by atoms with Crippen LogP contribution in [-0.2, 0) is 0 Å². The summed E-state index contributed by atoms with van der Waals surface area (Å²) in [5.41, 5.74) is -0.00491. The number of likely N-dealkylation sites (tertiary alicyclic amines) is 1. The molecule has 0 radical (unpaired) electrons. The van der Waals surface area contributed by atoms with E-state index in [0.717, 1.165) is 12.8 Å². The molecule has 0 saturated carbocycles. The van der Waals surface area contributed by atoms with E-state index in [9.17, 15) is 14.3 Å². The minimum Gasteiger partial charge on any atom is -0.394 e. The summed E-state index contributed by atoms with van der Waals surface area (Å²) in [4.78, 5) is 17.5. The second-order valence-electron chi connectivity index (χ2n) is 4.25. The number of aliphatic hydroxyl groups excluding tert-OH is 1. The van der Waals surface area contributed by atoms with Crippen LogP contribution < -0.4 is 5.32 Å². The van der Waals surface area contributed by atoms with Crippen LogP contribution >= 0.6 is 0 Å². The molecule has 1 unspecified atom stereocenters.